The van der Waals surface area contributed by atoms with Crippen LogP contribution in [0.4, 0.5) is 11.8 Å². The second-order valence-corrected chi connectivity index (χ2v) is 9.42. The van der Waals surface area contributed by atoms with E-state index in [1.54, 1.807) is 0 Å². The highest BCUT2D eigenvalue weighted by Gasteiger charge is 2.29. The molecule has 0 saturated heterocycles. The first-order chi connectivity index (χ1) is 16.3. The molecule has 0 amide bonds. The highest BCUT2D eigenvalue weighted by molar-refractivity contribution is 6.36. The van der Waals surface area contributed by atoms with Crippen LogP contribution >= 0.6 is 23.2 Å². The number of halogens is 2. The monoisotopic (exact) mass is 499 g/mol. The van der Waals surface area contributed by atoms with Crippen molar-refractivity contribution in [3.8, 4) is 5.75 Å². The van der Waals surface area contributed by atoms with E-state index in [1.165, 1.54) is 30.5 Å². The van der Waals surface area contributed by atoms with Crippen LogP contribution in [0.25, 0.3) is 16.9 Å². The van der Waals surface area contributed by atoms with Gasteiger partial charge in [-0.25, -0.2) is 15.0 Å². The van der Waals surface area contributed by atoms with Crippen molar-refractivity contribution in [2.24, 2.45) is 12.8 Å². The molecule has 176 valence electrons. The van der Waals surface area contributed by atoms with Crippen molar-refractivity contribution in [3.63, 3.8) is 0 Å². The SMILES string of the molecule is Cn1c(Nc2cc3n(n2)CCCC3(C)C)nc2ncc(OC(=CN)c3nccnc3Cl)c(Cl)c21. The van der Waals surface area contributed by atoms with E-state index < -0.39 is 0 Å². The lowest BCUT2D eigenvalue weighted by Crippen LogP contribution is -2.27. The molecule has 5 heterocycles. The molecule has 10 nitrogen and oxygen atoms in total. The third-order valence-electron chi connectivity index (χ3n) is 5.95. The summed E-state index contributed by atoms with van der Waals surface area (Å²) in [5.74, 6) is 1.76. The molecule has 3 N–H and O–H groups in total. The minimum Gasteiger partial charge on any atom is -0.450 e. The Morgan fingerprint density at radius 2 is 2.03 bits per heavy atom. The number of nitrogens with one attached hydrogen (secondary N) is 1. The van der Waals surface area contributed by atoms with Gasteiger partial charge >= 0.3 is 0 Å². The zero-order valence-corrected chi connectivity index (χ0v) is 20.4. The van der Waals surface area contributed by atoms with E-state index in [1.807, 2.05) is 11.6 Å². The molecule has 34 heavy (non-hydrogen) atoms. The van der Waals surface area contributed by atoms with E-state index in [0.29, 0.717) is 27.8 Å². The van der Waals surface area contributed by atoms with E-state index >= 15 is 0 Å². The van der Waals surface area contributed by atoms with Gasteiger partial charge < -0.3 is 20.4 Å². The summed E-state index contributed by atoms with van der Waals surface area (Å²) in [6.45, 7) is 5.38. The molecule has 0 aliphatic carbocycles. The summed E-state index contributed by atoms with van der Waals surface area (Å²) in [5, 5.41) is 8.49. The second kappa shape index (κ2) is 8.44. The fraction of sp³-hybridized carbons (Fsp3) is 0.318. The van der Waals surface area contributed by atoms with Crippen LogP contribution in [0, 0.1) is 0 Å². The number of nitrogens with two attached hydrogens (primary N) is 1. The van der Waals surface area contributed by atoms with Crippen LogP contribution in [-0.4, -0.2) is 34.3 Å². The molecular formula is C22H23Cl2N9O. The molecule has 0 fully saturated rings. The van der Waals surface area contributed by atoms with Crippen LogP contribution in [0.15, 0.2) is 30.9 Å². The third-order valence-corrected chi connectivity index (χ3v) is 6.59. The van der Waals surface area contributed by atoms with Crippen molar-refractivity contribution in [2.45, 2.75) is 38.6 Å². The van der Waals surface area contributed by atoms with Gasteiger partial charge in [-0.3, -0.25) is 4.68 Å². The van der Waals surface area contributed by atoms with Gasteiger partial charge in [0.15, 0.2) is 28.1 Å². The van der Waals surface area contributed by atoms with Gasteiger partial charge in [-0.2, -0.15) is 10.1 Å². The van der Waals surface area contributed by atoms with Gasteiger partial charge in [-0.15, -0.1) is 0 Å². The van der Waals surface area contributed by atoms with Crippen molar-refractivity contribution in [1.29, 1.82) is 0 Å². The number of hydrogen-bond acceptors (Lipinski definition) is 8. The van der Waals surface area contributed by atoms with E-state index in [-0.39, 0.29) is 22.1 Å². The van der Waals surface area contributed by atoms with Crippen molar-refractivity contribution in [3.05, 3.63) is 52.4 Å². The molecular weight excluding hydrogens is 477 g/mol. The number of anilines is 2. The van der Waals surface area contributed by atoms with Crippen LogP contribution in [0.3, 0.4) is 0 Å². The third kappa shape index (κ3) is 3.82. The van der Waals surface area contributed by atoms with Crippen LogP contribution < -0.4 is 15.8 Å². The largest absolute Gasteiger partial charge is 0.450 e. The van der Waals surface area contributed by atoms with Crippen LogP contribution in [0.5, 0.6) is 5.75 Å². The summed E-state index contributed by atoms with van der Waals surface area (Å²) < 4.78 is 9.77. The quantitative estimate of drug-likeness (QED) is 0.387. The fourth-order valence-corrected chi connectivity index (χ4v) is 4.67. The predicted octanol–water partition coefficient (Wildman–Crippen LogP) is 4.41. The Labute approximate surface area is 205 Å². The summed E-state index contributed by atoms with van der Waals surface area (Å²) in [5.41, 5.74) is 8.38. The summed E-state index contributed by atoms with van der Waals surface area (Å²) in [4.78, 5) is 17.2. The van der Waals surface area contributed by atoms with Crippen LogP contribution in [0.2, 0.25) is 10.2 Å². The molecule has 0 atom stereocenters. The number of aromatic nitrogens is 7. The molecule has 1 aliphatic rings. The van der Waals surface area contributed by atoms with Gasteiger partial charge in [-0.05, 0) is 12.8 Å². The van der Waals surface area contributed by atoms with Crippen LogP contribution in [0.1, 0.15) is 38.1 Å². The topological polar surface area (TPSA) is 122 Å². The standard InChI is InChI=1S/C22H23Cl2N9O/c1-22(2)5-4-8-33-14(22)9-15(31-33)29-21-30-20-18(32(21)3)16(23)13(11-28-20)34-12(10-25)17-19(24)27-7-6-26-17/h6-7,9-11H,4-5,8,25H2,1-3H3,(H,28,29,30,31). The van der Waals surface area contributed by atoms with E-state index in [2.05, 4.69) is 49.8 Å². The average Bonchev–Trinajstić information content (AvgIpc) is 3.36. The minimum atomic E-state index is 0.0783. The Bertz CT molecular complexity index is 1420. The highest BCUT2D eigenvalue weighted by Crippen LogP contribution is 2.37. The van der Waals surface area contributed by atoms with E-state index in [4.69, 9.17) is 38.8 Å². The number of ether oxygens (including phenoxy) is 1. The maximum absolute atomic E-state index is 6.70. The van der Waals surface area contributed by atoms with Crippen molar-refractivity contribution >= 4 is 51.9 Å². The van der Waals surface area contributed by atoms with Gasteiger partial charge in [-0.1, -0.05) is 37.0 Å². The lowest BCUT2D eigenvalue weighted by molar-refractivity contribution is 0.344. The van der Waals surface area contributed by atoms with Crippen molar-refractivity contribution in [2.75, 3.05) is 5.32 Å². The first-order valence-electron chi connectivity index (χ1n) is 10.7. The van der Waals surface area contributed by atoms with E-state index in [9.17, 15) is 0 Å². The Morgan fingerprint density at radius 1 is 1.24 bits per heavy atom. The first kappa shape index (κ1) is 22.4. The number of nitrogens with zero attached hydrogens (tertiary/aromatic N) is 7. The summed E-state index contributed by atoms with van der Waals surface area (Å²) in [6, 6.07) is 2.07. The molecule has 0 radical (unpaired) electrons. The van der Waals surface area contributed by atoms with Crippen molar-refractivity contribution < 1.29 is 4.74 Å². The Morgan fingerprint density at radius 3 is 2.76 bits per heavy atom. The Hall–Kier alpha value is -3.37. The van der Waals surface area contributed by atoms with Crippen LogP contribution in [-0.2, 0) is 19.0 Å². The Balaban J connectivity index is 1.47. The normalized spacial score (nSPS) is 15.4. The minimum absolute atomic E-state index is 0.0783. The lowest BCUT2D eigenvalue weighted by Gasteiger charge is -2.30. The first-order valence-corrected chi connectivity index (χ1v) is 11.5. The molecule has 5 rings (SSSR count). The van der Waals surface area contributed by atoms with Gasteiger partial charge in [0.05, 0.1) is 6.20 Å². The molecule has 12 heteroatoms. The number of aryl methyl sites for hydroxylation is 2. The molecule has 0 bridgehead atoms. The van der Waals surface area contributed by atoms with Gasteiger partial charge in [0.1, 0.15) is 16.2 Å². The molecule has 0 aromatic carbocycles. The zero-order chi connectivity index (χ0) is 24.0. The number of imidazole rings is 1. The molecule has 4 aromatic rings. The lowest BCUT2D eigenvalue weighted by atomic mass is 9.82. The molecule has 0 saturated carbocycles. The summed E-state index contributed by atoms with van der Waals surface area (Å²) in [7, 11) is 1.84. The predicted molar refractivity (Wildman–Crippen MR) is 131 cm³/mol. The zero-order valence-electron chi connectivity index (χ0n) is 18.9. The highest BCUT2D eigenvalue weighted by atomic mass is 35.5. The van der Waals surface area contributed by atoms with E-state index in [0.717, 1.165) is 25.2 Å². The second-order valence-electron chi connectivity index (χ2n) is 8.68. The molecule has 1 aliphatic heterocycles. The fourth-order valence-electron chi connectivity index (χ4n) is 4.17. The molecule has 4 aromatic heterocycles. The van der Waals surface area contributed by atoms with Gasteiger partial charge in [0, 0.05) is 49.4 Å². The smallest absolute Gasteiger partial charge is 0.210 e. The average molecular weight is 500 g/mol. The molecule has 0 unspecified atom stereocenters. The number of rotatable bonds is 5. The number of hydrogen-bond donors (Lipinski definition) is 2. The maximum Gasteiger partial charge on any atom is 0.210 e. The van der Waals surface area contributed by atoms with Crippen molar-refractivity contribution in [1.82, 2.24) is 34.3 Å². The number of pyridine rings is 1. The summed E-state index contributed by atoms with van der Waals surface area (Å²) in [6.07, 6.45) is 7.93. The van der Waals surface area contributed by atoms with Gasteiger partial charge in [0.25, 0.3) is 0 Å². The Kier molecular flexibility index (Phi) is 5.57. The summed E-state index contributed by atoms with van der Waals surface area (Å²) >= 11 is 12.8. The number of fused-ring (bicyclic) bond motifs is 2. The van der Waals surface area contributed by atoms with Gasteiger partial charge in [0.2, 0.25) is 5.95 Å². The molecule has 0 spiro atoms. The maximum atomic E-state index is 6.70.